The monoisotopic (exact) mass is 333 g/mol. The summed E-state index contributed by atoms with van der Waals surface area (Å²) >= 11 is 0. The number of benzene rings is 2. The Morgan fingerprint density at radius 1 is 1.16 bits per heavy atom. The molecule has 0 aliphatic carbocycles. The Morgan fingerprint density at radius 3 is 2.56 bits per heavy atom. The average Bonchev–Trinajstić information content (AvgIpc) is 2.95. The maximum absolute atomic E-state index is 12.1. The number of rotatable bonds is 5. The van der Waals surface area contributed by atoms with Gasteiger partial charge in [0.1, 0.15) is 5.82 Å². The summed E-state index contributed by atoms with van der Waals surface area (Å²) in [6, 6.07) is 16.3. The van der Waals surface area contributed by atoms with Crippen LogP contribution in [0.4, 0.5) is 0 Å². The van der Waals surface area contributed by atoms with Gasteiger partial charge in [-0.3, -0.25) is 4.79 Å². The average molecular weight is 333 g/mol. The fraction of sp³-hybridized carbons (Fsp3) is 0.238. The Hall–Kier alpha value is -2.88. The van der Waals surface area contributed by atoms with Gasteiger partial charge in [-0.25, -0.2) is 4.98 Å². The topological polar surface area (TPSA) is 46.9 Å². The summed E-state index contributed by atoms with van der Waals surface area (Å²) in [6.45, 7) is 4.86. The van der Waals surface area contributed by atoms with Gasteiger partial charge in [0.15, 0.2) is 0 Å². The number of amides is 1. The van der Waals surface area contributed by atoms with E-state index in [1.807, 2.05) is 35.9 Å². The second-order valence-corrected chi connectivity index (χ2v) is 6.47. The van der Waals surface area contributed by atoms with Crippen LogP contribution in [0.15, 0.2) is 54.6 Å². The highest BCUT2D eigenvalue weighted by atomic mass is 16.1. The number of carbonyl (C=O) groups excluding carboxylic acids is 1. The maximum atomic E-state index is 12.1. The smallest absolute Gasteiger partial charge is 0.244 e. The Kier molecular flexibility index (Phi) is 4.98. The molecule has 3 aromatic rings. The third-order valence-electron chi connectivity index (χ3n) is 4.32. The summed E-state index contributed by atoms with van der Waals surface area (Å²) in [7, 11) is 1.95. The van der Waals surface area contributed by atoms with Crippen LogP contribution in [0.5, 0.6) is 0 Å². The van der Waals surface area contributed by atoms with Crippen LogP contribution < -0.4 is 5.32 Å². The van der Waals surface area contributed by atoms with E-state index in [-0.39, 0.29) is 5.91 Å². The van der Waals surface area contributed by atoms with Crippen LogP contribution in [0, 0.1) is 0 Å². The number of aryl methyl sites for hydroxylation is 1. The van der Waals surface area contributed by atoms with Gasteiger partial charge in [0.25, 0.3) is 0 Å². The number of para-hydroxylation sites is 2. The molecule has 3 rings (SSSR count). The fourth-order valence-corrected chi connectivity index (χ4v) is 2.73. The molecule has 0 fully saturated rings. The Morgan fingerprint density at radius 2 is 1.88 bits per heavy atom. The lowest BCUT2D eigenvalue weighted by molar-refractivity contribution is -0.116. The van der Waals surface area contributed by atoms with Gasteiger partial charge in [0.05, 0.1) is 11.0 Å². The summed E-state index contributed by atoms with van der Waals surface area (Å²) in [5, 5.41) is 2.91. The molecule has 0 aliphatic rings. The predicted octanol–water partition coefficient (Wildman–Crippen LogP) is 4.03. The number of fused-ring (bicyclic) bond motifs is 1. The highest BCUT2D eigenvalue weighted by molar-refractivity contribution is 5.91. The SMILES string of the molecule is CC(C)c1ccc(CNC(=O)/C=C/c2nc3ccccc3n2C)cc1. The number of hydrogen-bond acceptors (Lipinski definition) is 2. The molecule has 2 aromatic carbocycles. The van der Waals surface area contributed by atoms with E-state index >= 15 is 0 Å². The first kappa shape index (κ1) is 17.0. The van der Waals surface area contributed by atoms with Crippen LogP contribution in [-0.2, 0) is 18.4 Å². The molecular weight excluding hydrogens is 310 g/mol. The zero-order chi connectivity index (χ0) is 17.8. The third kappa shape index (κ3) is 3.97. The molecule has 0 bridgehead atoms. The van der Waals surface area contributed by atoms with Crippen LogP contribution in [0.2, 0.25) is 0 Å². The molecule has 0 spiro atoms. The Balaban J connectivity index is 1.61. The maximum Gasteiger partial charge on any atom is 0.244 e. The molecule has 128 valence electrons. The number of hydrogen-bond donors (Lipinski definition) is 1. The summed E-state index contributed by atoms with van der Waals surface area (Å²) in [6.07, 6.45) is 3.28. The quantitative estimate of drug-likeness (QED) is 0.717. The van der Waals surface area contributed by atoms with Crippen molar-refractivity contribution in [2.45, 2.75) is 26.3 Å². The van der Waals surface area contributed by atoms with Gasteiger partial charge in [-0.2, -0.15) is 0 Å². The van der Waals surface area contributed by atoms with Crippen molar-refractivity contribution in [2.24, 2.45) is 7.05 Å². The lowest BCUT2D eigenvalue weighted by atomic mass is 10.0. The summed E-state index contributed by atoms with van der Waals surface area (Å²) < 4.78 is 1.98. The molecule has 4 heteroatoms. The van der Waals surface area contributed by atoms with E-state index in [1.54, 1.807) is 6.08 Å². The third-order valence-corrected chi connectivity index (χ3v) is 4.32. The lowest BCUT2D eigenvalue weighted by Crippen LogP contribution is -2.20. The molecule has 25 heavy (non-hydrogen) atoms. The van der Waals surface area contributed by atoms with Gasteiger partial charge in [0, 0.05) is 19.7 Å². The molecule has 0 radical (unpaired) electrons. The van der Waals surface area contributed by atoms with Gasteiger partial charge in [-0.05, 0) is 35.3 Å². The van der Waals surface area contributed by atoms with E-state index in [0.717, 1.165) is 22.4 Å². The van der Waals surface area contributed by atoms with E-state index in [1.165, 1.54) is 11.6 Å². The van der Waals surface area contributed by atoms with Gasteiger partial charge >= 0.3 is 0 Å². The van der Waals surface area contributed by atoms with Crippen molar-refractivity contribution in [2.75, 3.05) is 0 Å². The molecule has 0 unspecified atom stereocenters. The molecule has 0 aliphatic heterocycles. The summed E-state index contributed by atoms with van der Waals surface area (Å²) in [4.78, 5) is 16.6. The van der Waals surface area contributed by atoms with Crippen molar-refractivity contribution < 1.29 is 4.79 Å². The van der Waals surface area contributed by atoms with Crippen LogP contribution in [0.25, 0.3) is 17.1 Å². The molecule has 0 atom stereocenters. The van der Waals surface area contributed by atoms with Crippen LogP contribution in [-0.4, -0.2) is 15.5 Å². The first-order chi connectivity index (χ1) is 12.0. The van der Waals surface area contributed by atoms with Gasteiger partial charge in [-0.15, -0.1) is 0 Å². The van der Waals surface area contributed by atoms with Crippen molar-refractivity contribution in [1.82, 2.24) is 14.9 Å². The molecule has 1 amide bonds. The standard InChI is InChI=1S/C21H23N3O/c1-15(2)17-10-8-16(9-11-17)14-22-21(25)13-12-20-23-18-6-4-5-7-19(18)24(20)3/h4-13,15H,14H2,1-3H3,(H,22,25)/b13-12+. The van der Waals surface area contributed by atoms with E-state index < -0.39 is 0 Å². The molecule has 0 saturated heterocycles. The number of carbonyl (C=O) groups is 1. The van der Waals surface area contributed by atoms with E-state index in [4.69, 9.17) is 0 Å². The first-order valence-corrected chi connectivity index (χ1v) is 8.51. The molecule has 1 N–H and O–H groups in total. The second-order valence-electron chi connectivity index (χ2n) is 6.47. The van der Waals surface area contributed by atoms with Crippen molar-refractivity contribution in [1.29, 1.82) is 0 Å². The summed E-state index contributed by atoms with van der Waals surface area (Å²) in [5.74, 6) is 1.15. The highest BCUT2D eigenvalue weighted by Crippen LogP contribution is 2.15. The molecular formula is C21H23N3O. The van der Waals surface area contributed by atoms with E-state index in [9.17, 15) is 4.79 Å². The van der Waals surface area contributed by atoms with E-state index in [0.29, 0.717) is 12.5 Å². The second kappa shape index (κ2) is 7.34. The minimum Gasteiger partial charge on any atom is -0.348 e. The van der Waals surface area contributed by atoms with Crippen molar-refractivity contribution in [3.8, 4) is 0 Å². The highest BCUT2D eigenvalue weighted by Gasteiger charge is 2.05. The fourth-order valence-electron chi connectivity index (χ4n) is 2.73. The van der Waals surface area contributed by atoms with Gasteiger partial charge in [0.2, 0.25) is 5.91 Å². The lowest BCUT2D eigenvalue weighted by Gasteiger charge is -2.07. The van der Waals surface area contributed by atoms with E-state index in [2.05, 4.69) is 48.4 Å². The van der Waals surface area contributed by atoms with Crippen molar-refractivity contribution in [3.05, 3.63) is 71.6 Å². The number of nitrogens with zero attached hydrogens (tertiary/aromatic N) is 2. The Labute approximate surface area is 148 Å². The van der Waals surface area contributed by atoms with Gasteiger partial charge in [-0.1, -0.05) is 50.2 Å². The normalized spacial score (nSPS) is 11.5. The van der Waals surface area contributed by atoms with Crippen LogP contribution in [0.3, 0.4) is 0 Å². The van der Waals surface area contributed by atoms with Crippen molar-refractivity contribution >= 4 is 23.0 Å². The largest absolute Gasteiger partial charge is 0.348 e. The molecule has 1 aromatic heterocycles. The van der Waals surface area contributed by atoms with Gasteiger partial charge < -0.3 is 9.88 Å². The molecule has 4 nitrogen and oxygen atoms in total. The minimum atomic E-state index is -0.125. The predicted molar refractivity (Wildman–Crippen MR) is 102 cm³/mol. The Bertz CT molecular complexity index is 905. The van der Waals surface area contributed by atoms with Crippen LogP contribution >= 0.6 is 0 Å². The zero-order valence-corrected chi connectivity index (χ0v) is 14.9. The summed E-state index contributed by atoms with van der Waals surface area (Å²) in [5.41, 5.74) is 4.37. The first-order valence-electron chi connectivity index (χ1n) is 8.51. The number of imidazole rings is 1. The molecule has 1 heterocycles. The number of aromatic nitrogens is 2. The molecule has 0 saturated carbocycles. The number of nitrogens with one attached hydrogen (secondary N) is 1. The zero-order valence-electron chi connectivity index (χ0n) is 14.9. The minimum absolute atomic E-state index is 0.125. The van der Waals surface area contributed by atoms with Crippen LogP contribution in [0.1, 0.15) is 36.7 Å². The van der Waals surface area contributed by atoms with Crippen molar-refractivity contribution in [3.63, 3.8) is 0 Å².